The zero-order valence-corrected chi connectivity index (χ0v) is 14.6. The van der Waals surface area contributed by atoms with Crippen molar-refractivity contribution in [2.24, 2.45) is 23.5 Å². The van der Waals surface area contributed by atoms with Crippen molar-refractivity contribution in [1.29, 1.82) is 0 Å². The van der Waals surface area contributed by atoms with Crippen LogP contribution in [-0.4, -0.2) is 43.0 Å². The first-order valence-corrected chi connectivity index (χ1v) is 7.75. The number of nitrogens with two attached hydrogens (primary N) is 1. The van der Waals surface area contributed by atoms with Crippen LogP contribution in [0.4, 0.5) is 0 Å². The van der Waals surface area contributed by atoms with Crippen LogP contribution in [0.25, 0.3) is 0 Å². The molecule has 5 heteroatoms. The number of hydrogen-bond acceptors (Lipinski definition) is 3. The minimum Gasteiger partial charge on any atom is -0.379 e. The molecule has 0 saturated heterocycles. The molecule has 124 valence electrons. The fourth-order valence-electron chi connectivity index (χ4n) is 2.53. The molecule has 0 aliphatic heterocycles. The molecule has 0 aromatic heterocycles. The molecule has 0 aliphatic carbocycles. The summed E-state index contributed by atoms with van der Waals surface area (Å²) in [5.74, 6) is 0.111. The molecule has 0 unspecified atom stereocenters. The number of hydrogen-bond donors (Lipinski definition) is 1. The molecule has 0 aliphatic rings. The third-order valence-electron chi connectivity index (χ3n) is 4.50. The van der Waals surface area contributed by atoms with Crippen molar-refractivity contribution in [3.8, 4) is 0 Å². The van der Waals surface area contributed by atoms with E-state index in [4.69, 9.17) is 10.5 Å². The van der Waals surface area contributed by atoms with Crippen LogP contribution in [0.3, 0.4) is 0 Å². The average molecular weight is 300 g/mol. The quantitative estimate of drug-likeness (QED) is 0.708. The summed E-state index contributed by atoms with van der Waals surface area (Å²) in [5.41, 5.74) is 5.31. The van der Waals surface area contributed by atoms with Gasteiger partial charge in [0.1, 0.15) is 0 Å². The molecule has 5 nitrogen and oxygen atoms in total. The van der Waals surface area contributed by atoms with Gasteiger partial charge in [0.05, 0.1) is 18.6 Å². The first kappa shape index (κ1) is 19.9. The number of primary amides is 1. The predicted molar refractivity (Wildman–Crippen MR) is 84.6 cm³/mol. The predicted octanol–water partition coefficient (Wildman–Crippen LogP) is 2.04. The summed E-state index contributed by atoms with van der Waals surface area (Å²) in [6, 6.07) is -0.152. The Morgan fingerprint density at radius 3 is 2.05 bits per heavy atom. The average Bonchev–Trinajstić information content (AvgIpc) is 2.43. The lowest BCUT2D eigenvalue weighted by Gasteiger charge is -2.39. The van der Waals surface area contributed by atoms with Crippen LogP contribution in [0.15, 0.2) is 0 Å². The molecular formula is C16H32N2O3. The lowest BCUT2D eigenvalue weighted by Crippen LogP contribution is -2.52. The van der Waals surface area contributed by atoms with Gasteiger partial charge in [-0.05, 0) is 11.8 Å². The molecule has 0 saturated carbocycles. The molecule has 0 rings (SSSR count). The van der Waals surface area contributed by atoms with Crippen molar-refractivity contribution in [3.05, 3.63) is 0 Å². The highest BCUT2D eigenvalue weighted by atomic mass is 16.5. The molecule has 0 bridgehead atoms. The van der Waals surface area contributed by atoms with Crippen LogP contribution in [0.5, 0.6) is 0 Å². The molecule has 0 radical (unpaired) electrons. The minimum atomic E-state index is -0.409. The van der Waals surface area contributed by atoms with Gasteiger partial charge in [0, 0.05) is 20.1 Å². The standard InChI is InChI=1S/C16H32N2O3/c1-8-11(4)15(13(21-7)9-14(17)19)18(6)16(20)12(5)10(2)3/h10-13,15H,8-9H2,1-7H3,(H2,17,19)/t11-,12-,13+,15-/m0/s1. The fraction of sp³-hybridized carbons (Fsp3) is 0.875. The van der Waals surface area contributed by atoms with Crippen LogP contribution >= 0.6 is 0 Å². The summed E-state index contributed by atoms with van der Waals surface area (Å²) in [6.07, 6.45) is 0.654. The lowest BCUT2D eigenvalue weighted by atomic mass is 9.89. The van der Waals surface area contributed by atoms with Crippen molar-refractivity contribution in [2.75, 3.05) is 14.2 Å². The third kappa shape index (κ3) is 5.65. The van der Waals surface area contributed by atoms with Gasteiger partial charge in [0.2, 0.25) is 11.8 Å². The maximum absolute atomic E-state index is 12.6. The molecule has 0 fully saturated rings. The largest absolute Gasteiger partial charge is 0.379 e. The first-order chi connectivity index (χ1) is 9.67. The van der Waals surface area contributed by atoms with Crippen LogP contribution in [0, 0.1) is 17.8 Å². The van der Waals surface area contributed by atoms with E-state index < -0.39 is 5.91 Å². The van der Waals surface area contributed by atoms with E-state index in [0.29, 0.717) is 0 Å². The molecule has 0 aromatic carbocycles. The van der Waals surface area contributed by atoms with Gasteiger partial charge in [-0.3, -0.25) is 9.59 Å². The van der Waals surface area contributed by atoms with E-state index in [-0.39, 0.29) is 42.2 Å². The molecular weight excluding hydrogens is 268 g/mol. The lowest BCUT2D eigenvalue weighted by molar-refractivity contribution is -0.143. The number of rotatable bonds is 9. The Balaban J connectivity index is 5.30. The summed E-state index contributed by atoms with van der Waals surface area (Å²) < 4.78 is 5.46. The second-order valence-electron chi connectivity index (χ2n) is 6.30. The van der Waals surface area contributed by atoms with E-state index >= 15 is 0 Å². The Kier molecular flexibility index (Phi) is 8.55. The van der Waals surface area contributed by atoms with Gasteiger partial charge >= 0.3 is 0 Å². The highest BCUT2D eigenvalue weighted by Gasteiger charge is 2.35. The number of amides is 2. The third-order valence-corrected chi connectivity index (χ3v) is 4.50. The zero-order chi connectivity index (χ0) is 16.7. The SMILES string of the molecule is CC[C@H](C)[C@@H]([C@@H](CC(N)=O)OC)N(C)C(=O)[C@@H](C)C(C)C. The summed E-state index contributed by atoms with van der Waals surface area (Å²) in [4.78, 5) is 25.6. The van der Waals surface area contributed by atoms with Gasteiger partial charge in [-0.15, -0.1) is 0 Å². The van der Waals surface area contributed by atoms with Crippen molar-refractivity contribution in [2.45, 2.75) is 59.6 Å². The van der Waals surface area contributed by atoms with Crippen molar-refractivity contribution in [3.63, 3.8) is 0 Å². The second-order valence-corrected chi connectivity index (χ2v) is 6.30. The topological polar surface area (TPSA) is 72.6 Å². The maximum atomic E-state index is 12.6. The maximum Gasteiger partial charge on any atom is 0.225 e. The van der Waals surface area contributed by atoms with E-state index in [1.807, 2.05) is 20.8 Å². The number of carbonyl (C=O) groups is 2. The minimum absolute atomic E-state index is 0.0624. The molecule has 4 atom stereocenters. The molecule has 0 spiro atoms. The highest BCUT2D eigenvalue weighted by Crippen LogP contribution is 2.24. The van der Waals surface area contributed by atoms with Crippen LogP contribution in [0.1, 0.15) is 47.5 Å². The summed E-state index contributed by atoms with van der Waals surface area (Å²) in [5, 5.41) is 0. The first-order valence-electron chi connectivity index (χ1n) is 7.75. The van der Waals surface area contributed by atoms with Gasteiger partial charge in [0.25, 0.3) is 0 Å². The summed E-state index contributed by atoms with van der Waals surface area (Å²) in [6.45, 7) is 10.1. The zero-order valence-electron chi connectivity index (χ0n) is 14.6. The number of carbonyl (C=O) groups excluding carboxylic acids is 2. The Labute approximate surface area is 129 Å². The Bertz CT molecular complexity index is 344. The number of nitrogens with zero attached hydrogens (tertiary/aromatic N) is 1. The Morgan fingerprint density at radius 1 is 1.19 bits per heavy atom. The van der Waals surface area contributed by atoms with E-state index in [9.17, 15) is 9.59 Å². The van der Waals surface area contributed by atoms with Gasteiger partial charge in [-0.25, -0.2) is 0 Å². The second kappa shape index (κ2) is 9.03. The smallest absolute Gasteiger partial charge is 0.225 e. The van der Waals surface area contributed by atoms with Crippen molar-refractivity contribution >= 4 is 11.8 Å². The molecule has 21 heavy (non-hydrogen) atoms. The molecule has 2 amide bonds. The van der Waals surface area contributed by atoms with E-state index in [2.05, 4.69) is 13.8 Å². The monoisotopic (exact) mass is 300 g/mol. The summed E-state index contributed by atoms with van der Waals surface area (Å²) in [7, 11) is 3.36. The number of ether oxygens (including phenoxy) is 1. The molecule has 0 aromatic rings. The van der Waals surface area contributed by atoms with Gasteiger partial charge in [-0.2, -0.15) is 0 Å². The van der Waals surface area contributed by atoms with Crippen LogP contribution in [-0.2, 0) is 14.3 Å². The normalized spacial score (nSPS) is 17.1. The Morgan fingerprint density at radius 2 is 1.71 bits per heavy atom. The molecule has 2 N–H and O–H groups in total. The number of likely N-dealkylation sites (N-methyl/N-ethyl adjacent to an activating group) is 1. The van der Waals surface area contributed by atoms with Crippen molar-refractivity contribution in [1.82, 2.24) is 4.90 Å². The fourth-order valence-corrected chi connectivity index (χ4v) is 2.53. The van der Waals surface area contributed by atoms with E-state index in [0.717, 1.165) is 6.42 Å². The molecule has 0 heterocycles. The Hall–Kier alpha value is -1.10. The van der Waals surface area contributed by atoms with Crippen LogP contribution < -0.4 is 5.73 Å². The van der Waals surface area contributed by atoms with E-state index in [1.165, 1.54) is 0 Å². The number of methoxy groups -OCH3 is 1. The van der Waals surface area contributed by atoms with Gasteiger partial charge in [0.15, 0.2) is 0 Å². The van der Waals surface area contributed by atoms with Gasteiger partial charge in [-0.1, -0.05) is 41.0 Å². The van der Waals surface area contributed by atoms with E-state index in [1.54, 1.807) is 19.1 Å². The van der Waals surface area contributed by atoms with Crippen molar-refractivity contribution < 1.29 is 14.3 Å². The van der Waals surface area contributed by atoms with Crippen LogP contribution in [0.2, 0.25) is 0 Å². The highest BCUT2D eigenvalue weighted by molar-refractivity contribution is 5.79. The summed E-state index contributed by atoms with van der Waals surface area (Å²) >= 11 is 0. The van der Waals surface area contributed by atoms with Gasteiger partial charge < -0.3 is 15.4 Å².